The fourth-order valence-corrected chi connectivity index (χ4v) is 3.10. The van der Waals surface area contributed by atoms with Gasteiger partial charge in [0, 0.05) is 31.7 Å². The van der Waals surface area contributed by atoms with Gasteiger partial charge in [-0.1, -0.05) is 12.8 Å². The van der Waals surface area contributed by atoms with Gasteiger partial charge in [-0.15, -0.1) is 5.10 Å². The molecule has 2 heterocycles. The lowest BCUT2D eigenvalue weighted by Gasteiger charge is -2.18. The molecule has 1 atom stereocenters. The summed E-state index contributed by atoms with van der Waals surface area (Å²) in [6.07, 6.45) is 8.35. The average molecular weight is 261 g/mol. The second kappa shape index (κ2) is 5.74. The number of anilines is 2. The van der Waals surface area contributed by atoms with Crippen molar-refractivity contribution < 1.29 is 0 Å². The van der Waals surface area contributed by atoms with Crippen LogP contribution in [0.2, 0.25) is 0 Å². The van der Waals surface area contributed by atoms with Crippen LogP contribution in [-0.4, -0.2) is 35.9 Å². The normalized spacial score (nSPS) is 24.1. The Bertz CT molecular complexity index is 416. The van der Waals surface area contributed by atoms with Gasteiger partial charge in [0.1, 0.15) is 0 Å². The van der Waals surface area contributed by atoms with Gasteiger partial charge in [0.2, 0.25) is 0 Å². The summed E-state index contributed by atoms with van der Waals surface area (Å²) in [4.78, 5) is 2.29. The van der Waals surface area contributed by atoms with Gasteiger partial charge < -0.3 is 16.0 Å². The Labute approximate surface area is 114 Å². The Morgan fingerprint density at radius 1 is 1.32 bits per heavy atom. The van der Waals surface area contributed by atoms with Crippen LogP contribution in [-0.2, 0) is 0 Å². The van der Waals surface area contributed by atoms with Crippen molar-refractivity contribution >= 4 is 11.5 Å². The summed E-state index contributed by atoms with van der Waals surface area (Å²) in [5, 5.41) is 11.7. The molecule has 1 saturated heterocycles. The first-order valence-electron chi connectivity index (χ1n) is 7.38. The highest BCUT2D eigenvalue weighted by molar-refractivity contribution is 5.52. The fraction of sp³-hybridized carbons (Fsp3) is 0.714. The molecule has 1 saturated carbocycles. The SMILES string of the molecule is NC1CCN(c2cnnc(NCC3CCCC3)c2)C1. The monoisotopic (exact) mass is 261 g/mol. The minimum Gasteiger partial charge on any atom is -0.369 e. The third-order valence-corrected chi connectivity index (χ3v) is 4.28. The van der Waals surface area contributed by atoms with Crippen LogP contribution in [0.4, 0.5) is 11.5 Å². The quantitative estimate of drug-likeness (QED) is 0.862. The van der Waals surface area contributed by atoms with E-state index in [1.807, 2.05) is 6.20 Å². The number of nitrogens with two attached hydrogens (primary N) is 1. The number of hydrogen-bond acceptors (Lipinski definition) is 5. The van der Waals surface area contributed by atoms with Crippen molar-refractivity contribution in [3.63, 3.8) is 0 Å². The standard InChI is InChI=1S/C14H23N5/c15-12-5-6-19(10-12)13-7-14(18-17-9-13)16-8-11-3-1-2-4-11/h7,9,11-12H,1-6,8,10,15H2,(H,16,18). The highest BCUT2D eigenvalue weighted by atomic mass is 15.2. The second-order valence-electron chi connectivity index (χ2n) is 5.83. The van der Waals surface area contributed by atoms with Gasteiger partial charge in [-0.2, -0.15) is 5.10 Å². The topological polar surface area (TPSA) is 67.1 Å². The smallest absolute Gasteiger partial charge is 0.150 e. The van der Waals surface area contributed by atoms with E-state index >= 15 is 0 Å². The predicted octanol–water partition coefficient (Wildman–Crippen LogP) is 1.62. The lowest BCUT2D eigenvalue weighted by Crippen LogP contribution is -2.26. The van der Waals surface area contributed by atoms with Gasteiger partial charge in [-0.3, -0.25) is 0 Å². The maximum Gasteiger partial charge on any atom is 0.150 e. The Morgan fingerprint density at radius 2 is 2.16 bits per heavy atom. The molecular formula is C14H23N5. The van der Waals surface area contributed by atoms with Gasteiger partial charge in [0.25, 0.3) is 0 Å². The summed E-state index contributed by atoms with van der Waals surface area (Å²) in [6.45, 7) is 2.97. The van der Waals surface area contributed by atoms with Gasteiger partial charge in [0.15, 0.2) is 5.82 Å². The number of rotatable bonds is 4. The number of nitrogens with zero attached hydrogens (tertiary/aromatic N) is 3. The first kappa shape index (κ1) is 12.7. The lowest BCUT2D eigenvalue weighted by atomic mass is 10.1. The summed E-state index contributed by atoms with van der Waals surface area (Å²) in [5.41, 5.74) is 7.08. The van der Waals surface area contributed by atoms with Crippen LogP contribution in [0.5, 0.6) is 0 Å². The molecule has 0 spiro atoms. The zero-order valence-corrected chi connectivity index (χ0v) is 11.4. The predicted molar refractivity (Wildman–Crippen MR) is 77.3 cm³/mol. The molecule has 5 heteroatoms. The summed E-state index contributed by atoms with van der Waals surface area (Å²) >= 11 is 0. The molecule has 0 aromatic carbocycles. The Kier molecular flexibility index (Phi) is 3.82. The van der Waals surface area contributed by atoms with E-state index in [1.54, 1.807) is 0 Å². The van der Waals surface area contributed by atoms with E-state index in [9.17, 15) is 0 Å². The van der Waals surface area contributed by atoms with Crippen molar-refractivity contribution in [2.24, 2.45) is 11.7 Å². The average Bonchev–Trinajstić information content (AvgIpc) is 3.08. The largest absolute Gasteiger partial charge is 0.369 e. The van der Waals surface area contributed by atoms with Crippen molar-refractivity contribution in [3.05, 3.63) is 12.3 Å². The van der Waals surface area contributed by atoms with Crippen molar-refractivity contribution in [1.29, 1.82) is 0 Å². The van der Waals surface area contributed by atoms with Gasteiger partial charge in [0.05, 0.1) is 11.9 Å². The lowest BCUT2D eigenvalue weighted by molar-refractivity contribution is 0.578. The first-order valence-corrected chi connectivity index (χ1v) is 7.38. The molecule has 2 aliphatic rings. The molecule has 2 fully saturated rings. The van der Waals surface area contributed by atoms with E-state index in [1.165, 1.54) is 25.7 Å². The van der Waals surface area contributed by atoms with Crippen molar-refractivity contribution in [3.8, 4) is 0 Å². The molecule has 1 aliphatic heterocycles. The Balaban J connectivity index is 1.59. The molecule has 3 N–H and O–H groups in total. The third kappa shape index (κ3) is 3.15. The highest BCUT2D eigenvalue weighted by Gasteiger charge is 2.20. The molecular weight excluding hydrogens is 238 g/mol. The zero-order chi connectivity index (χ0) is 13.1. The minimum absolute atomic E-state index is 0.295. The molecule has 1 unspecified atom stereocenters. The molecule has 104 valence electrons. The van der Waals surface area contributed by atoms with Crippen LogP contribution >= 0.6 is 0 Å². The third-order valence-electron chi connectivity index (χ3n) is 4.28. The summed E-state index contributed by atoms with van der Waals surface area (Å²) < 4.78 is 0. The molecule has 5 nitrogen and oxygen atoms in total. The highest BCUT2D eigenvalue weighted by Crippen LogP contribution is 2.25. The van der Waals surface area contributed by atoms with E-state index < -0.39 is 0 Å². The molecule has 3 rings (SSSR count). The molecule has 0 bridgehead atoms. The second-order valence-corrected chi connectivity index (χ2v) is 5.83. The Hall–Kier alpha value is -1.36. The number of nitrogens with one attached hydrogen (secondary N) is 1. The van der Waals surface area contributed by atoms with Crippen molar-refractivity contribution in [1.82, 2.24) is 10.2 Å². The molecule has 0 radical (unpaired) electrons. The van der Waals surface area contributed by atoms with Crippen LogP contribution in [0, 0.1) is 5.92 Å². The molecule has 0 amide bonds. The van der Waals surface area contributed by atoms with Crippen LogP contribution in [0.25, 0.3) is 0 Å². The Morgan fingerprint density at radius 3 is 2.89 bits per heavy atom. The zero-order valence-electron chi connectivity index (χ0n) is 11.4. The fourth-order valence-electron chi connectivity index (χ4n) is 3.10. The van der Waals surface area contributed by atoms with E-state index in [4.69, 9.17) is 5.73 Å². The number of aromatic nitrogens is 2. The van der Waals surface area contributed by atoms with Gasteiger partial charge >= 0.3 is 0 Å². The van der Waals surface area contributed by atoms with Crippen LogP contribution in [0.3, 0.4) is 0 Å². The first-order chi connectivity index (χ1) is 9.31. The van der Waals surface area contributed by atoms with Crippen molar-refractivity contribution in [2.45, 2.75) is 38.1 Å². The minimum atomic E-state index is 0.295. The van der Waals surface area contributed by atoms with Crippen molar-refractivity contribution in [2.75, 3.05) is 29.9 Å². The van der Waals surface area contributed by atoms with Crippen LogP contribution in [0.1, 0.15) is 32.1 Å². The van der Waals surface area contributed by atoms with E-state index in [0.717, 1.165) is 43.5 Å². The maximum absolute atomic E-state index is 5.95. The molecule has 1 aromatic rings. The van der Waals surface area contributed by atoms with Gasteiger partial charge in [-0.05, 0) is 25.2 Å². The molecule has 1 aromatic heterocycles. The number of hydrogen-bond donors (Lipinski definition) is 2. The van der Waals surface area contributed by atoms with E-state index in [-0.39, 0.29) is 0 Å². The maximum atomic E-state index is 5.95. The summed E-state index contributed by atoms with van der Waals surface area (Å²) in [7, 11) is 0. The molecule has 1 aliphatic carbocycles. The van der Waals surface area contributed by atoms with E-state index in [0.29, 0.717) is 6.04 Å². The van der Waals surface area contributed by atoms with Crippen LogP contribution < -0.4 is 16.0 Å². The van der Waals surface area contributed by atoms with E-state index in [2.05, 4.69) is 26.5 Å². The van der Waals surface area contributed by atoms with Crippen LogP contribution in [0.15, 0.2) is 12.3 Å². The summed E-state index contributed by atoms with van der Waals surface area (Å²) in [6, 6.07) is 2.39. The summed E-state index contributed by atoms with van der Waals surface area (Å²) in [5.74, 6) is 1.70. The molecule has 19 heavy (non-hydrogen) atoms. The van der Waals surface area contributed by atoms with Gasteiger partial charge in [-0.25, -0.2) is 0 Å².